The van der Waals surface area contributed by atoms with Gasteiger partial charge in [0.15, 0.2) is 0 Å². The van der Waals surface area contributed by atoms with E-state index in [2.05, 4.69) is 10.6 Å². The first-order valence-electron chi connectivity index (χ1n) is 5.19. The molecule has 0 saturated carbocycles. The number of pyridine rings is 1. The van der Waals surface area contributed by atoms with Gasteiger partial charge < -0.3 is 15.2 Å². The van der Waals surface area contributed by atoms with E-state index in [1.807, 2.05) is 13.8 Å². The SMILES string of the molecule is CC(C)NCC(=O)Nc1ccc(=O)n(C)c1. The van der Waals surface area contributed by atoms with Crippen LogP contribution in [0.3, 0.4) is 0 Å². The van der Waals surface area contributed by atoms with Crippen LogP contribution in [0.25, 0.3) is 0 Å². The van der Waals surface area contributed by atoms with E-state index in [0.29, 0.717) is 5.69 Å². The van der Waals surface area contributed by atoms with Gasteiger partial charge in [-0.1, -0.05) is 13.8 Å². The molecule has 1 aromatic heterocycles. The number of hydrogen-bond donors (Lipinski definition) is 2. The fourth-order valence-electron chi connectivity index (χ4n) is 1.17. The van der Waals surface area contributed by atoms with Crippen molar-refractivity contribution in [3.63, 3.8) is 0 Å². The number of nitrogens with one attached hydrogen (secondary N) is 2. The minimum atomic E-state index is -0.118. The lowest BCUT2D eigenvalue weighted by atomic mass is 10.3. The van der Waals surface area contributed by atoms with Gasteiger partial charge in [-0.2, -0.15) is 0 Å². The molecule has 0 unspecified atom stereocenters. The zero-order chi connectivity index (χ0) is 12.1. The van der Waals surface area contributed by atoms with Gasteiger partial charge in [0, 0.05) is 25.4 Å². The molecule has 0 aliphatic heterocycles. The van der Waals surface area contributed by atoms with Crippen molar-refractivity contribution in [1.29, 1.82) is 0 Å². The lowest BCUT2D eigenvalue weighted by Crippen LogP contribution is -2.32. The van der Waals surface area contributed by atoms with Crippen molar-refractivity contribution in [2.24, 2.45) is 7.05 Å². The van der Waals surface area contributed by atoms with Gasteiger partial charge >= 0.3 is 0 Å². The first-order valence-corrected chi connectivity index (χ1v) is 5.19. The van der Waals surface area contributed by atoms with E-state index in [1.165, 1.54) is 10.6 Å². The monoisotopic (exact) mass is 223 g/mol. The smallest absolute Gasteiger partial charge is 0.250 e. The molecule has 0 aliphatic carbocycles. The largest absolute Gasteiger partial charge is 0.324 e. The molecule has 0 radical (unpaired) electrons. The molecular formula is C11H17N3O2. The molecule has 1 rings (SSSR count). The lowest BCUT2D eigenvalue weighted by molar-refractivity contribution is -0.115. The second-order valence-electron chi connectivity index (χ2n) is 3.95. The number of nitrogens with zero attached hydrogens (tertiary/aromatic N) is 1. The Morgan fingerprint density at radius 3 is 2.69 bits per heavy atom. The molecule has 0 bridgehead atoms. The van der Waals surface area contributed by atoms with E-state index in [-0.39, 0.29) is 24.1 Å². The fourth-order valence-corrected chi connectivity index (χ4v) is 1.17. The van der Waals surface area contributed by atoms with Crippen LogP contribution in [-0.2, 0) is 11.8 Å². The highest BCUT2D eigenvalue weighted by atomic mass is 16.2. The van der Waals surface area contributed by atoms with E-state index in [9.17, 15) is 9.59 Å². The molecule has 0 saturated heterocycles. The molecule has 0 atom stereocenters. The summed E-state index contributed by atoms with van der Waals surface area (Å²) in [5.74, 6) is -0.118. The van der Waals surface area contributed by atoms with Crippen molar-refractivity contribution >= 4 is 11.6 Å². The highest BCUT2D eigenvalue weighted by Gasteiger charge is 2.03. The van der Waals surface area contributed by atoms with Crippen LogP contribution >= 0.6 is 0 Å². The van der Waals surface area contributed by atoms with Gasteiger partial charge in [-0.15, -0.1) is 0 Å². The topological polar surface area (TPSA) is 63.1 Å². The first kappa shape index (κ1) is 12.4. The molecule has 0 spiro atoms. The maximum Gasteiger partial charge on any atom is 0.250 e. The minimum Gasteiger partial charge on any atom is -0.324 e. The van der Waals surface area contributed by atoms with Crippen molar-refractivity contribution in [3.05, 3.63) is 28.7 Å². The summed E-state index contributed by atoms with van der Waals surface area (Å²) in [6, 6.07) is 3.28. The fraction of sp³-hybridized carbons (Fsp3) is 0.455. The van der Waals surface area contributed by atoms with Crippen LogP contribution in [0.4, 0.5) is 5.69 Å². The summed E-state index contributed by atoms with van der Waals surface area (Å²) in [4.78, 5) is 22.6. The van der Waals surface area contributed by atoms with Gasteiger partial charge in [0.1, 0.15) is 0 Å². The molecule has 5 nitrogen and oxygen atoms in total. The minimum absolute atomic E-state index is 0.0988. The maximum absolute atomic E-state index is 11.5. The van der Waals surface area contributed by atoms with Crippen molar-refractivity contribution < 1.29 is 4.79 Å². The second-order valence-corrected chi connectivity index (χ2v) is 3.95. The van der Waals surface area contributed by atoms with Crippen LogP contribution in [0.2, 0.25) is 0 Å². The predicted octanol–water partition coefficient (Wildman–Crippen LogP) is 0.322. The Labute approximate surface area is 94.5 Å². The molecule has 1 heterocycles. The van der Waals surface area contributed by atoms with Gasteiger partial charge in [-0.3, -0.25) is 9.59 Å². The van der Waals surface area contributed by atoms with Crippen molar-refractivity contribution in [3.8, 4) is 0 Å². The van der Waals surface area contributed by atoms with Gasteiger partial charge in [0.25, 0.3) is 0 Å². The van der Waals surface area contributed by atoms with Gasteiger partial charge in [-0.25, -0.2) is 0 Å². The molecule has 1 amide bonds. The van der Waals surface area contributed by atoms with Crippen molar-refractivity contribution in [2.45, 2.75) is 19.9 Å². The molecule has 2 N–H and O–H groups in total. The standard InChI is InChI=1S/C11H17N3O2/c1-8(2)12-6-10(15)13-9-4-5-11(16)14(3)7-9/h4-5,7-8,12H,6H2,1-3H3,(H,13,15). The van der Waals surface area contributed by atoms with Crippen LogP contribution in [-0.4, -0.2) is 23.1 Å². The summed E-state index contributed by atoms with van der Waals surface area (Å²) in [5, 5.41) is 5.72. The molecule has 1 aromatic rings. The third-order valence-corrected chi connectivity index (χ3v) is 2.04. The Balaban J connectivity index is 2.56. The van der Waals surface area contributed by atoms with E-state index in [4.69, 9.17) is 0 Å². The van der Waals surface area contributed by atoms with Gasteiger partial charge in [-0.05, 0) is 6.07 Å². The van der Waals surface area contributed by atoms with E-state index in [0.717, 1.165) is 0 Å². The molecule has 16 heavy (non-hydrogen) atoms. The summed E-state index contributed by atoms with van der Waals surface area (Å²) in [7, 11) is 1.64. The summed E-state index contributed by atoms with van der Waals surface area (Å²) < 4.78 is 1.42. The Bertz CT molecular complexity index is 423. The molecule has 88 valence electrons. The average Bonchev–Trinajstić information content (AvgIpc) is 2.21. The second kappa shape index (κ2) is 5.46. The summed E-state index contributed by atoms with van der Waals surface area (Å²) in [6.45, 7) is 4.21. The van der Waals surface area contributed by atoms with E-state index in [1.54, 1.807) is 19.3 Å². The molecular weight excluding hydrogens is 206 g/mol. The molecule has 0 fully saturated rings. The average molecular weight is 223 g/mol. The number of aromatic nitrogens is 1. The third-order valence-electron chi connectivity index (χ3n) is 2.04. The van der Waals surface area contributed by atoms with E-state index >= 15 is 0 Å². The maximum atomic E-state index is 11.5. The normalized spacial score (nSPS) is 10.5. The molecule has 5 heteroatoms. The van der Waals surface area contributed by atoms with Crippen molar-refractivity contribution in [2.75, 3.05) is 11.9 Å². The lowest BCUT2D eigenvalue weighted by Gasteiger charge is -2.09. The zero-order valence-corrected chi connectivity index (χ0v) is 9.78. The van der Waals surface area contributed by atoms with E-state index < -0.39 is 0 Å². The quantitative estimate of drug-likeness (QED) is 0.772. The van der Waals surface area contributed by atoms with Crippen LogP contribution < -0.4 is 16.2 Å². The number of rotatable bonds is 4. The summed E-state index contributed by atoms with van der Waals surface area (Å²) >= 11 is 0. The predicted molar refractivity (Wildman–Crippen MR) is 63.5 cm³/mol. The Kier molecular flexibility index (Phi) is 4.25. The number of carbonyl (C=O) groups is 1. The van der Waals surface area contributed by atoms with Crippen LogP contribution in [0.1, 0.15) is 13.8 Å². The number of anilines is 1. The number of hydrogen-bond acceptors (Lipinski definition) is 3. The summed E-state index contributed by atoms with van der Waals surface area (Å²) in [5.41, 5.74) is 0.524. The Hall–Kier alpha value is -1.62. The van der Waals surface area contributed by atoms with Crippen LogP contribution in [0, 0.1) is 0 Å². The number of carbonyl (C=O) groups excluding carboxylic acids is 1. The van der Waals surface area contributed by atoms with Crippen LogP contribution in [0.5, 0.6) is 0 Å². The Morgan fingerprint density at radius 2 is 2.12 bits per heavy atom. The van der Waals surface area contributed by atoms with Crippen LogP contribution in [0.15, 0.2) is 23.1 Å². The molecule has 0 aliphatic rings. The first-order chi connectivity index (χ1) is 7.49. The third kappa shape index (κ3) is 3.86. The highest BCUT2D eigenvalue weighted by molar-refractivity contribution is 5.92. The summed E-state index contributed by atoms with van der Waals surface area (Å²) in [6.07, 6.45) is 1.59. The van der Waals surface area contributed by atoms with Crippen molar-refractivity contribution in [1.82, 2.24) is 9.88 Å². The number of aryl methyl sites for hydroxylation is 1. The van der Waals surface area contributed by atoms with Gasteiger partial charge in [0.05, 0.1) is 12.2 Å². The zero-order valence-electron chi connectivity index (χ0n) is 9.78. The molecule has 0 aromatic carbocycles. The highest BCUT2D eigenvalue weighted by Crippen LogP contribution is 2.01. The number of amides is 1. The Morgan fingerprint density at radius 1 is 1.44 bits per heavy atom. The van der Waals surface area contributed by atoms with Gasteiger partial charge in [0.2, 0.25) is 11.5 Å².